The molecule has 0 bridgehead atoms. The molecule has 0 amide bonds. The Balaban J connectivity index is 1.44. The number of aromatic nitrogens is 2. The molecule has 1 saturated heterocycles. The lowest BCUT2D eigenvalue weighted by Gasteiger charge is -2.32. The Bertz CT molecular complexity index is 1150. The molecule has 3 aromatic rings. The highest BCUT2D eigenvalue weighted by Crippen LogP contribution is 2.45. The van der Waals surface area contributed by atoms with E-state index in [0.29, 0.717) is 28.6 Å². The molecule has 5 rings (SSSR count). The minimum Gasteiger partial charge on any atom is -0.496 e. The van der Waals surface area contributed by atoms with Crippen LogP contribution < -0.4 is 21.3 Å². The fraction of sp³-hybridized carbons (Fsp3) is 0.429. The van der Waals surface area contributed by atoms with Gasteiger partial charge in [-0.15, -0.1) is 11.3 Å². The van der Waals surface area contributed by atoms with Gasteiger partial charge in [-0.3, -0.25) is 9.36 Å². The minimum absolute atomic E-state index is 0.186. The Hall–Kier alpha value is -2.38. The van der Waals surface area contributed by atoms with E-state index < -0.39 is 0 Å². The summed E-state index contributed by atoms with van der Waals surface area (Å²) in [5, 5.41) is 5.49. The summed E-state index contributed by atoms with van der Waals surface area (Å²) >= 11 is 1.37. The Morgan fingerprint density at radius 2 is 2.18 bits per heavy atom. The van der Waals surface area contributed by atoms with Crippen molar-refractivity contribution in [2.75, 3.05) is 13.7 Å². The summed E-state index contributed by atoms with van der Waals surface area (Å²) in [5.74, 6) is 1.97. The Morgan fingerprint density at radius 3 is 3.04 bits per heavy atom. The van der Waals surface area contributed by atoms with Gasteiger partial charge >= 0.3 is 5.69 Å². The van der Waals surface area contributed by atoms with Gasteiger partial charge in [0, 0.05) is 18.5 Å². The molecular weight excluding hydrogens is 374 g/mol. The third kappa shape index (κ3) is 2.72. The van der Waals surface area contributed by atoms with E-state index in [1.807, 2.05) is 11.4 Å². The number of ether oxygens (including phenoxy) is 1. The number of nitrogens with zero attached hydrogens (tertiary/aromatic N) is 1. The van der Waals surface area contributed by atoms with Gasteiger partial charge in [0.25, 0.3) is 5.56 Å². The summed E-state index contributed by atoms with van der Waals surface area (Å²) in [6.45, 7) is 1.41. The van der Waals surface area contributed by atoms with Crippen LogP contribution in [0.5, 0.6) is 5.75 Å². The van der Waals surface area contributed by atoms with Gasteiger partial charge in [0.2, 0.25) is 0 Å². The molecule has 1 fully saturated rings. The number of hydrogen-bond donors (Lipinski definition) is 2. The van der Waals surface area contributed by atoms with Crippen LogP contribution in [0.15, 0.2) is 39.2 Å². The summed E-state index contributed by atoms with van der Waals surface area (Å²) in [7, 11) is 1.73. The zero-order valence-electron chi connectivity index (χ0n) is 15.7. The van der Waals surface area contributed by atoms with Crippen molar-refractivity contribution in [3.8, 4) is 5.75 Å². The van der Waals surface area contributed by atoms with E-state index in [-0.39, 0.29) is 17.3 Å². The second-order valence-corrected chi connectivity index (χ2v) is 8.62. The van der Waals surface area contributed by atoms with Crippen LogP contribution in [0.2, 0.25) is 0 Å². The van der Waals surface area contributed by atoms with Crippen LogP contribution in [0.3, 0.4) is 0 Å². The fourth-order valence-corrected chi connectivity index (χ4v) is 5.84. The molecule has 3 heterocycles. The second kappa shape index (κ2) is 6.90. The standard InChI is InChI=1S/C21H23N3O3S/c1-27-17-4-2-3-14-13(17)6-5-12-11-22-15(18(12)14)7-9-24-20(25)19-16(8-10-28-19)23-21(24)26/h2-4,8,10,12,15,18,22H,5-7,9,11H2,1H3,(H,23,26). The Morgan fingerprint density at radius 1 is 1.29 bits per heavy atom. The highest BCUT2D eigenvalue weighted by molar-refractivity contribution is 7.17. The molecule has 2 aliphatic rings. The summed E-state index contributed by atoms with van der Waals surface area (Å²) in [5.41, 5.74) is 2.80. The summed E-state index contributed by atoms with van der Waals surface area (Å²) < 4.78 is 7.55. The molecule has 1 aliphatic carbocycles. The van der Waals surface area contributed by atoms with E-state index in [1.165, 1.54) is 27.0 Å². The van der Waals surface area contributed by atoms with Crippen molar-refractivity contribution < 1.29 is 4.74 Å². The first kappa shape index (κ1) is 17.7. The maximum atomic E-state index is 12.7. The quantitative estimate of drug-likeness (QED) is 0.709. The Labute approximate surface area is 166 Å². The van der Waals surface area contributed by atoms with E-state index in [1.54, 1.807) is 13.2 Å². The SMILES string of the molecule is COc1cccc2c1CCC1CNC(CCn3c(=O)[nH]c4ccsc4c3=O)C21. The van der Waals surface area contributed by atoms with E-state index in [2.05, 4.69) is 22.4 Å². The van der Waals surface area contributed by atoms with E-state index in [4.69, 9.17) is 4.74 Å². The monoisotopic (exact) mass is 397 g/mol. The first-order valence-corrected chi connectivity index (χ1v) is 10.6. The number of H-pyrrole nitrogens is 1. The van der Waals surface area contributed by atoms with Crippen molar-refractivity contribution in [1.29, 1.82) is 0 Å². The van der Waals surface area contributed by atoms with Gasteiger partial charge in [0.1, 0.15) is 10.4 Å². The molecule has 7 heteroatoms. The number of thiophene rings is 1. The fourth-order valence-electron chi connectivity index (χ4n) is 5.04. The van der Waals surface area contributed by atoms with Crippen molar-refractivity contribution in [1.82, 2.24) is 14.9 Å². The zero-order chi connectivity index (χ0) is 19.3. The first-order valence-electron chi connectivity index (χ1n) is 9.77. The summed E-state index contributed by atoms with van der Waals surface area (Å²) in [4.78, 5) is 27.9. The highest BCUT2D eigenvalue weighted by atomic mass is 32.1. The van der Waals surface area contributed by atoms with Crippen molar-refractivity contribution >= 4 is 21.6 Å². The summed E-state index contributed by atoms with van der Waals surface area (Å²) in [6, 6.07) is 8.34. The number of methoxy groups -OCH3 is 1. The molecule has 0 spiro atoms. The van der Waals surface area contributed by atoms with Crippen LogP contribution in [0.4, 0.5) is 0 Å². The van der Waals surface area contributed by atoms with E-state index in [9.17, 15) is 9.59 Å². The number of benzene rings is 1. The van der Waals surface area contributed by atoms with Crippen molar-refractivity contribution in [2.24, 2.45) is 5.92 Å². The van der Waals surface area contributed by atoms with Crippen LogP contribution in [0.1, 0.15) is 29.9 Å². The van der Waals surface area contributed by atoms with E-state index in [0.717, 1.165) is 31.6 Å². The molecule has 28 heavy (non-hydrogen) atoms. The van der Waals surface area contributed by atoms with Crippen LogP contribution in [-0.2, 0) is 13.0 Å². The van der Waals surface area contributed by atoms with Gasteiger partial charge in [0.05, 0.1) is 12.6 Å². The topological polar surface area (TPSA) is 76.1 Å². The summed E-state index contributed by atoms with van der Waals surface area (Å²) in [6.07, 6.45) is 2.93. The molecule has 6 nitrogen and oxygen atoms in total. The second-order valence-electron chi connectivity index (χ2n) is 7.71. The lowest BCUT2D eigenvalue weighted by molar-refractivity contribution is 0.371. The average molecular weight is 398 g/mol. The highest BCUT2D eigenvalue weighted by Gasteiger charge is 2.40. The molecule has 0 saturated carbocycles. The largest absolute Gasteiger partial charge is 0.496 e. The maximum absolute atomic E-state index is 12.7. The molecular formula is C21H23N3O3S. The predicted octanol–water partition coefficient (Wildman–Crippen LogP) is 2.47. The lowest BCUT2D eigenvalue weighted by Crippen LogP contribution is -2.37. The zero-order valence-corrected chi connectivity index (χ0v) is 16.6. The van der Waals surface area contributed by atoms with Crippen molar-refractivity contribution in [2.45, 2.75) is 37.8 Å². The molecule has 3 unspecified atom stereocenters. The number of nitrogens with one attached hydrogen (secondary N) is 2. The molecule has 1 aliphatic heterocycles. The van der Waals surface area contributed by atoms with E-state index >= 15 is 0 Å². The molecule has 146 valence electrons. The number of aromatic amines is 1. The number of rotatable bonds is 4. The maximum Gasteiger partial charge on any atom is 0.328 e. The molecule has 1 aromatic carbocycles. The van der Waals surface area contributed by atoms with Crippen LogP contribution in [-0.4, -0.2) is 29.2 Å². The number of fused-ring (bicyclic) bond motifs is 4. The van der Waals surface area contributed by atoms with Crippen LogP contribution in [0.25, 0.3) is 10.2 Å². The molecule has 2 aromatic heterocycles. The van der Waals surface area contributed by atoms with Gasteiger partial charge in [-0.1, -0.05) is 12.1 Å². The molecule has 3 atom stereocenters. The smallest absolute Gasteiger partial charge is 0.328 e. The van der Waals surface area contributed by atoms with Gasteiger partial charge < -0.3 is 15.0 Å². The average Bonchev–Trinajstić information content (AvgIpc) is 3.34. The van der Waals surface area contributed by atoms with Crippen molar-refractivity contribution in [3.05, 3.63) is 61.6 Å². The van der Waals surface area contributed by atoms with Gasteiger partial charge in [0.15, 0.2) is 0 Å². The van der Waals surface area contributed by atoms with Gasteiger partial charge in [-0.2, -0.15) is 0 Å². The number of hydrogen-bond acceptors (Lipinski definition) is 5. The van der Waals surface area contributed by atoms with Crippen molar-refractivity contribution in [3.63, 3.8) is 0 Å². The normalized spacial score (nSPS) is 23.5. The Kier molecular flexibility index (Phi) is 4.36. The first-order chi connectivity index (χ1) is 13.7. The molecule has 2 N–H and O–H groups in total. The van der Waals surface area contributed by atoms with Crippen LogP contribution in [0, 0.1) is 5.92 Å². The third-order valence-corrected chi connectivity index (χ3v) is 7.25. The third-order valence-electron chi connectivity index (χ3n) is 6.35. The molecule has 0 radical (unpaired) electrons. The van der Waals surface area contributed by atoms with Crippen LogP contribution >= 0.6 is 11.3 Å². The van der Waals surface area contributed by atoms with Gasteiger partial charge in [-0.05, 0) is 60.4 Å². The predicted molar refractivity (Wildman–Crippen MR) is 111 cm³/mol. The minimum atomic E-state index is -0.323. The lowest BCUT2D eigenvalue weighted by atomic mass is 9.73. The van der Waals surface area contributed by atoms with Gasteiger partial charge in [-0.25, -0.2) is 4.79 Å².